The largest absolute Gasteiger partial charge is 0.474 e. The molecule has 3 aliphatic rings. The zero-order valence-electron chi connectivity index (χ0n) is 13.5. The Bertz CT molecular complexity index is 775. The second-order valence-electron chi connectivity index (χ2n) is 6.52. The van der Waals surface area contributed by atoms with E-state index < -0.39 is 6.23 Å². The van der Waals surface area contributed by atoms with Crippen LogP contribution >= 0.6 is 0 Å². The van der Waals surface area contributed by atoms with E-state index in [-0.39, 0.29) is 17.6 Å². The molecule has 1 aromatic rings. The predicted octanol–water partition coefficient (Wildman–Crippen LogP) is 3.37. The molecule has 0 bridgehead atoms. The highest BCUT2D eigenvalue weighted by Gasteiger charge is 2.39. The molecule has 3 atom stereocenters. The van der Waals surface area contributed by atoms with Crippen molar-refractivity contribution in [3.63, 3.8) is 0 Å². The minimum absolute atomic E-state index is 0.0669. The summed E-state index contributed by atoms with van der Waals surface area (Å²) in [4.78, 5) is 26.3. The molecule has 0 saturated heterocycles. The molecule has 1 amide bonds. The fraction of sp³-hybridized carbons (Fsp3) is 0.300. The van der Waals surface area contributed by atoms with Crippen molar-refractivity contribution < 1.29 is 14.3 Å². The van der Waals surface area contributed by atoms with E-state index in [2.05, 4.69) is 12.2 Å². The molecule has 1 aliphatic heterocycles. The third kappa shape index (κ3) is 2.39. The SMILES string of the molecule is CC1=CC(O/C=C2/C(=O)CC3C=CCC23)N(c2ccccc2)C1=O. The van der Waals surface area contributed by atoms with Crippen LogP contribution in [0.1, 0.15) is 19.8 Å². The van der Waals surface area contributed by atoms with Gasteiger partial charge in [0.25, 0.3) is 5.91 Å². The maximum absolute atomic E-state index is 12.4. The zero-order chi connectivity index (χ0) is 16.7. The molecule has 0 aromatic heterocycles. The van der Waals surface area contributed by atoms with E-state index in [1.54, 1.807) is 24.2 Å². The molecule has 4 nitrogen and oxygen atoms in total. The average molecular weight is 321 g/mol. The molecule has 1 fully saturated rings. The number of carbonyl (C=O) groups excluding carboxylic acids is 2. The second-order valence-corrected chi connectivity index (χ2v) is 6.52. The van der Waals surface area contributed by atoms with E-state index in [0.717, 1.165) is 17.7 Å². The van der Waals surface area contributed by atoms with Gasteiger partial charge in [-0.1, -0.05) is 30.4 Å². The number of carbonyl (C=O) groups is 2. The highest BCUT2D eigenvalue weighted by Crippen LogP contribution is 2.41. The van der Waals surface area contributed by atoms with Crippen LogP contribution in [0.3, 0.4) is 0 Å². The Kier molecular flexibility index (Phi) is 3.60. The summed E-state index contributed by atoms with van der Waals surface area (Å²) in [6.45, 7) is 1.78. The Morgan fingerprint density at radius 3 is 2.79 bits per heavy atom. The van der Waals surface area contributed by atoms with E-state index in [4.69, 9.17) is 4.74 Å². The van der Waals surface area contributed by atoms with Crippen molar-refractivity contribution in [1.82, 2.24) is 0 Å². The van der Waals surface area contributed by atoms with E-state index in [0.29, 0.717) is 17.9 Å². The van der Waals surface area contributed by atoms with Crippen LogP contribution in [0.15, 0.2) is 66.0 Å². The molecular formula is C20H19NO3. The number of amides is 1. The van der Waals surface area contributed by atoms with Gasteiger partial charge >= 0.3 is 0 Å². The molecule has 4 heteroatoms. The van der Waals surface area contributed by atoms with Gasteiger partial charge in [-0.15, -0.1) is 0 Å². The summed E-state index contributed by atoms with van der Waals surface area (Å²) in [5.41, 5.74) is 2.20. The Labute approximate surface area is 141 Å². The Morgan fingerprint density at radius 1 is 1.21 bits per heavy atom. The van der Waals surface area contributed by atoms with Crippen LogP contribution in [0, 0.1) is 11.8 Å². The van der Waals surface area contributed by atoms with E-state index in [1.807, 2.05) is 30.3 Å². The van der Waals surface area contributed by atoms with Gasteiger partial charge in [-0.25, -0.2) is 0 Å². The maximum atomic E-state index is 12.4. The summed E-state index contributed by atoms with van der Waals surface area (Å²) >= 11 is 0. The summed E-state index contributed by atoms with van der Waals surface area (Å²) in [6, 6.07) is 9.45. The molecule has 0 N–H and O–H groups in total. The van der Waals surface area contributed by atoms with Crippen LogP contribution in [0.4, 0.5) is 5.69 Å². The van der Waals surface area contributed by atoms with Gasteiger partial charge < -0.3 is 4.74 Å². The normalized spacial score (nSPS) is 30.2. The fourth-order valence-electron chi connectivity index (χ4n) is 3.73. The second kappa shape index (κ2) is 5.78. The molecule has 1 saturated carbocycles. The highest BCUT2D eigenvalue weighted by molar-refractivity contribution is 6.08. The van der Waals surface area contributed by atoms with E-state index in [1.165, 1.54) is 0 Å². The lowest BCUT2D eigenvalue weighted by Crippen LogP contribution is -2.35. The van der Waals surface area contributed by atoms with Gasteiger partial charge in [0.1, 0.15) is 0 Å². The van der Waals surface area contributed by atoms with Gasteiger partial charge in [-0.3, -0.25) is 14.5 Å². The molecule has 2 aliphatic carbocycles. The van der Waals surface area contributed by atoms with E-state index >= 15 is 0 Å². The maximum Gasteiger partial charge on any atom is 0.257 e. The summed E-state index contributed by atoms with van der Waals surface area (Å²) in [6.07, 6.45) is 8.61. The number of fused-ring (bicyclic) bond motifs is 1. The first-order valence-electron chi connectivity index (χ1n) is 8.27. The lowest BCUT2D eigenvalue weighted by molar-refractivity contribution is -0.115. The predicted molar refractivity (Wildman–Crippen MR) is 91.0 cm³/mol. The lowest BCUT2D eigenvalue weighted by atomic mass is 9.97. The quantitative estimate of drug-likeness (QED) is 0.487. The minimum atomic E-state index is -0.506. The van der Waals surface area contributed by atoms with Crippen LogP contribution < -0.4 is 4.90 Å². The number of anilines is 1. The molecule has 24 heavy (non-hydrogen) atoms. The van der Waals surface area contributed by atoms with Crippen molar-refractivity contribution in [3.8, 4) is 0 Å². The third-order valence-corrected chi connectivity index (χ3v) is 5.00. The Balaban J connectivity index is 1.58. The van der Waals surface area contributed by atoms with Gasteiger partial charge in [0.15, 0.2) is 12.0 Å². The van der Waals surface area contributed by atoms with Gasteiger partial charge in [-0.05, 0) is 37.5 Å². The molecular weight excluding hydrogens is 302 g/mol. The number of allylic oxidation sites excluding steroid dienone is 3. The van der Waals surface area contributed by atoms with Crippen LogP contribution in [0.2, 0.25) is 0 Å². The molecule has 3 unspecified atom stereocenters. The van der Waals surface area contributed by atoms with Crippen molar-refractivity contribution in [2.24, 2.45) is 11.8 Å². The summed E-state index contributed by atoms with van der Waals surface area (Å²) in [5.74, 6) is 0.651. The average Bonchev–Trinajstić information content (AvgIpc) is 3.21. The number of ether oxygens (including phenoxy) is 1. The van der Waals surface area contributed by atoms with E-state index in [9.17, 15) is 9.59 Å². The number of rotatable bonds is 3. The van der Waals surface area contributed by atoms with Gasteiger partial charge in [-0.2, -0.15) is 0 Å². The number of hydrogen-bond acceptors (Lipinski definition) is 3. The number of Topliss-reactive ketones (excluding diaryl/α,β-unsaturated/α-hetero) is 1. The molecule has 0 radical (unpaired) electrons. The first kappa shape index (κ1) is 14.9. The van der Waals surface area contributed by atoms with Gasteiger partial charge in [0, 0.05) is 29.2 Å². The summed E-state index contributed by atoms with van der Waals surface area (Å²) in [7, 11) is 0. The molecule has 0 spiro atoms. The van der Waals surface area contributed by atoms with Crippen molar-refractivity contribution in [2.45, 2.75) is 26.0 Å². The minimum Gasteiger partial charge on any atom is -0.474 e. The van der Waals surface area contributed by atoms with Crippen LogP contribution in [-0.4, -0.2) is 17.9 Å². The third-order valence-electron chi connectivity index (χ3n) is 5.00. The molecule has 122 valence electrons. The van der Waals surface area contributed by atoms with Crippen LogP contribution in [-0.2, 0) is 14.3 Å². The summed E-state index contributed by atoms with van der Waals surface area (Å²) < 4.78 is 5.89. The first-order valence-corrected chi connectivity index (χ1v) is 8.27. The topological polar surface area (TPSA) is 46.6 Å². The molecule has 4 rings (SSSR count). The fourth-order valence-corrected chi connectivity index (χ4v) is 3.73. The Morgan fingerprint density at radius 2 is 2.00 bits per heavy atom. The molecule has 1 heterocycles. The number of benzene rings is 1. The summed E-state index contributed by atoms with van der Waals surface area (Å²) in [5, 5.41) is 0. The van der Waals surface area contributed by atoms with Crippen molar-refractivity contribution in [3.05, 3.63) is 66.0 Å². The Hall–Kier alpha value is -2.62. The number of ketones is 1. The first-order chi connectivity index (χ1) is 11.6. The van der Waals surface area contributed by atoms with Gasteiger partial charge in [0.05, 0.1) is 6.26 Å². The number of nitrogens with zero attached hydrogens (tertiary/aromatic N) is 1. The monoisotopic (exact) mass is 321 g/mol. The zero-order valence-corrected chi connectivity index (χ0v) is 13.5. The van der Waals surface area contributed by atoms with Crippen molar-refractivity contribution in [1.29, 1.82) is 0 Å². The molecule has 1 aromatic carbocycles. The number of hydrogen-bond donors (Lipinski definition) is 0. The van der Waals surface area contributed by atoms with Crippen molar-refractivity contribution >= 4 is 17.4 Å². The van der Waals surface area contributed by atoms with Crippen molar-refractivity contribution in [2.75, 3.05) is 4.90 Å². The standard InChI is InChI=1S/C20H19NO3/c1-13-10-19(21(20(13)23)15-7-3-2-4-8-15)24-12-17-16-9-5-6-14(16)11-18(17)22/h2-8,10,12,14,16,19H,9,11H2,1H3/b17-12+. The van der Waals surface area contributed by atoms with Crippen LogP contribution in [0.25, 0.3) is 0 Å². The smallest absolute Gasteiger partial charge is 0.257 e. The van der Waals surface area contributed by atoms with Crippen LogP contribution in [0.5, 0.6) is 0 Å². The number of para-hydroxylation sites is 1. The van der Waals surface area contributed by atoms with Gasteiger partial charge in [0.2, 0.25) is 0 Å². The lowest BCUT2D eigenvalue weighted by Gasteiger charge is -2.24. The highest BCUT2D eigenvalue weighted by atomic mass is 16.5.